The zero-order chi connectivity index (χ0) is 12.3. The Balaban J connectivity index is 2.06. The molecular formula is C13H22BrNO2. The molecule has 1 aliphatic heterocycles. The number of ether oxygens (including phenoxy) is 1. The third kappa shape index (κ3) is 2.84. The highest BCUT2D eigenvalue weighted by Gasteiger charge is 2.40. The van der Waals surface area contributed by atoms with Crippen molar-refractivity contribution in [2.75, 3.05) is 25.1 Å². The molecule has 0 aromatic carbocycles. The van der Waals surface area contributed by atoms with Crippen molar-refractivity contribution in [3.63, 3.8) is 0 Å². The summed E-state index contributed by atoms with van der Waals surface area (Å²) >= 11 is 3.49. The van der Waals surface area contributed by atoms with Gasteiger partial charge in [0.2, 0.25) is 5.91 Å². The second-order valence-electron chi connectivity index (χ2n) is 5.50. The maximum Gasteiger partial charge on any atom is 0.228 e. The molecule has 3 nitrogen and oxygen atoms in total. The normalized spacial score (nSPS) is 29.1. The van der Waals surface area contributed by atoms with Gasteiger partial charge in [0, 0.05) is 17.3 Å². The predicted octanol–water partition coefficient (Wildman–Crippen LogP) is 2.58. The van der Waals surface area contributed by atoms with Gasteiger partial charge in [-0.2, -0.15) is 0 Å². The zero-order valence-electron chi connectivity index (χ0n) is 10.6. The van der Waals surface area contributed by atoms with Gasteiger partial charge in [0.15, 0.2) is 0 Å². The van der Waals surface area contributed by atoms with Crippen LogP contribution in [0.25, 0.3) is 0 Å². The van der Waals surface area contributed by atoms with Crippen molar-refractivity contribution < 1.29 is 9.53 Å². The number of alkyl halides is 1. The maximum atomic E-state index is 12.7. The molecule has 1 saturated carbocycles. The van der Waals surface area contributed by atoms with E-state index in [0.29, 0.717) is 19.1 Å². The minimum absolute atomic E-state index is 0.115. The van der Waals surface area contributed by atoms with Crippen LogP contribution >= 0.6 is 15.9 Å². The summed E-state index contributed by atoms with van der Waals surface area (Å²) in [6.07, 6.45) is 5.79. The standard InChI is InChI=1S/C13H22BrNO2/c1-13(5-3-2-4-6-13)12(16)15-7-8-17-10-11(15)9-14/h11H,2-10H2,1H3. The van der Waals surface area contributed by atoms with Gasteiger partial charge < -0.3 is 9.64 Å². The van der Waals surface area contributed by atoms with Gasteiger partial charge in [-0.15, -0.1) is 0 Å². The van der Waals surface area contributed by atoms with E-state index >= 15 is 0 Å². The first kappa shape index (κ1) is 13.3. The van der Waals surface area contributed by atoms with E-state index in [0.717, 1.165) is 24.7 Å². The van der Waals surface area contributed by atoms with Crippen molar-refractivity contribution >= 4 is 21.8 Å². The first-order valence-corrected chi connectivity index (χ1v) is 7.74. The molecule has 0 aromatic rings. The molecule has 2 rings (SSSR count). The van der Waals surface area contributed by atoms with Crippen molar-refractivity contribution in [2.45, 2.75) is 45.1 Å². The molecule has 17 heavy (non-hydrogen) atoms. The van der Waals surface area contributed by atoms with Crippen LogP contribution in [0, 0.1) is 5.41 Å². The Morgan fingerprint density at radius 2 is 2.12 bits per heavy atom. The van der Waals surface area contributed by atoms with E-state index in [1.165, 1.54) is 19.3 Å². The zero-order valence-corrected chi connectivity index (χ0v) is 12.2. The van der Waals surface area contributed by atoms with Gasteiger partial charge >= 0.3 is 0 Å². The number of rotatable bonds is 2. The van der Waals surface area contributed by atoms with Crippen molar-refractivity contribution in [2.24, 2.45) is 5.41 Å². The van der Waals surface area contributed by atoms with E-state index in [1.54, 1.807) is 0 Å². The van der Waals surface area contributed by atoms with Gasteiger partial charge in [0.25, 0.3) is 0 Å². The highest BCUT2D eigenvalue weighted by molar-refractivity contribution is 9.09. The minimum Gasteiger partial charge on any atom is -0.377 e. The van der Waals surface area contributed by atoms with E-state index in [1.807, 2.05) is 4.90 Å². The molecule has 0 aromatic heterocycles. The van der Waals surface area contributed by atoms with Crippen LogP contribution in [0.1, 0.15) is 39.0 Å². The Hall–Kier alpha value is -0.0900. The first-order valence-electron chi connectivity index (χ1n) is 6.62. The summed E-state index contributed by atoms with van der Waals surface area (Å²) in [6.45, 7) is 4.26. The lowest BCUT2D eigenvalue weighted by Crippen LogP contribution is -2.54. The number of hydrogen-bond donors (Lipinski definition) is 0. The summed E-state index contributed by atoms with van der Waals surface area (Å²) in [4.78, 5) is 14.7. The molecule has 98 valence electrons. The fraction of sp³-hybridized carbons (Fsp3) is 0.923. The van der Waals surface area contributed by atoms with Crippen LogP contribution in [-0.2, 0) is 9.53 Å². The van der Waals surface area contributed by atoms with E-state index in [9.17, 15) is 4.79 Å². The Morgan fingerprint density at radius 3 is 2.76 bits per heavy atom. The van der Waals surface area contributed by atoms with Crippen molar-refractivity contribution in [3.8, 4) is 0 Å². The van der Waals surface area contributed by atoms with Gasteiger partial charge in [-0.3, -0.25) is 4.79 Å². The van der Waals surface area contributed by atoms with E-state index < -0.39 is 0 Å². The topological polar surface area (TPSA) is 29.5 Å². The second kappa shape index (κ2) is 5.70. The monoisotopic (exact) mass is 303 g/mol. The highest BCUT2D eigenvalue weighted by atomic mass is 79.9. The van der Waals surface area contributed by atoms with Crippen LogP contribution in [-0.4, -0.2) is 41.9 Å². The van der Waals surface area contributed by atoms with Crippen LogP contribution in [0.3, 0.4) is 0 Å². The van der Waals surface area contributed by atoms with Crippen LogP contribution in [0.5, 0.6) is 0 Å². The van der Waals surface area contributed by atoms with Crippen LogP contribution < -0.4 is 0 Å². The fourth-order valence-electron chi connectivity index (χ4n) is 2.94. The van der Waals surface area contributed by atoms with Crippen molar-refractivity contribution in [1.29, 1.82) is 0 Å². The molecule has 1 atom stereocenters. The molecule has 0 N–H and O–H groups in total. The molecule has 1 unspecified atom stereocenters. The molecular weight excluding hydrogens is 282 g/mol. The average molecular weight is 304 g/mol. The number of nitrogens with zero attached hydrogens (tertiary/aromatic N) is 1. The van der Waals surface area contributed by atoms with Crippen molar-refractivity contribution in [3.05, 3.63) is 0 Å². The summed E-state index contributed by atoms with van der Waals surface area (Å²) in [5, 5.41) is 0.814. The molecule has 0 radical (unpaired) electrons. The second-order valence-corrected chi connectivity index (χ2v) is 6.15. The Morgan fingerprint density at radius 1 is 1.41 bits per heavy atom. The van der Waals surface area contributed by atoms with E-state index in [2.05, 4.69) is 22.9 Å². The molecule has 1 amide bonds. The first-order chi connectivity index (χ1) is 8.17. The largest absolute Gasteiger partial charge is 0.377 e. The Kier molecular flexibility index (Phi) is 4.47. The molecule has 1 aliphatic carbocycles. The van der Waals surface area contributed by atoms with E-state index in [4.69, 9.17) is 4.74 Å². The molecule has 1 heterocycles. The van der Waals surface area contributed by atoms with Gasteiger partial charge in [-0.25, -0.2) is 0 Å². The number of halogens is 1. The summed E-state index contributed by atoms with van der Waals surface area (Å²) in [6, 6.07) is 0.218. The highest BCUT2D eigenvalue weighted by Crippen LogP contribution is 2.38. The summed E-state index contributed by atoms with van der Waals surface area (Å²) < 4.78 is 5.45. The van der Waals surface area contributed by atoms with Gasteiger partial charge in [-0.1, -0.05) is 42.1 Å². The third-order valence-electron chi connectivity index (χ3n) is 4.14. The number of morpholine rings is 1. The number of amides is 1. The maximum absolute atomic E-state index is 12.7. The number of hydrogen-bond acceptors (Lipinski definition) is 2. The van der Waals surface area contributed by atoms with E-state index in [-0.39, 0.29) is 11.5 Å². The number of carbonyl (C=O) groups is 1. The average Bonchev–Trinajstić information content (AvgIpc) is 2.38. The summed E-state index contributed by atoms with van der Waals surface area (Å²) in [5.41, 5.74) is -0.115. The van der Waals surface area contributed by atoms with Crippen LogP contribution in [0.15, 0.2) is 0 Å². The van der Waals surface area contributed by atoms with Gasteiger partial charge in [0.1, 0.15) is 0 Å². The fourth-order valence-corrected chi connectivity index (χ4v) is 3.48. The molecule has 0 spiro atoms. The number of carbonyl (C=O) groups excluding carboxylic acids is 1. The predicted molar refractivity (Wildman–Crippen MR) is 71.3 cm³/mol. The SMILES string of the molecule is CC1(C(=O)N2CCOCC2CBr)CCCCC1. The lowest BCUT2D eigenvalue weighted by Gasteiger charge is -2.42. The van der Waals surface area contributed by atoms with Gasteiger partial charge in [0.05, 0.1) is 19.3 Å². The van der Waals surface area contributed by atoms with Crippen LogP contribution in [0.4, 0.5) is 0 Å². The third-order valence-corrected chi connectivity index (χ3v) is 4.89. The smallest absolute Gasteiger partial charge is 0.228 e. The quantitative estimate of drug-likeness (QED) is 0.734. The Labute approximate surface area is 112 Å². The summed E-state index contributed by atoms with van der Waals surface area (Å²) in [5.74, 6) is 0.352. The van der Waals surface area contributed by atoms with Crippen LogP contribution in [0.2, 0.25) is 0 Å². The molecule has 2 aliphatic rings. The summed E-state index contributed by atoms with van der Waals surface area (Å²) in [7, 11) is 0. The Bertz CT molecular complexity index is 277. The lowest BCUT2D eigenvalue weighted by atomic mass is 9.74. The molecule has 4 heteroatoms. The minimum atomic E-state index is -0.115. The molecule has 1 saturated heterocycles. The van der Waals surface area contributed by atoms with Gasteiger partial charge in [-0.05, 0) is 12.8 Å². The van der Waals surface area contributed by atoms with Crippen molar-refractivity contribution in [1.82, 2.24) is 4.90 Å². The molecule has 2 fully saturated rings. The molecule has 0 bridgehead atoms. The lowest BCUT2D eigenvalue weighted by molar-refractivity contribution is -0.151.